The molecular weight excluding hydrogens is 396 g/mol. The number of piperidine rings is 1. The van der Waals surface area contributed by atoms with Crippen LogP contribution in [0.25, 0.3) is 0 Å². The summed E-state index contributed by atoms with van der Waals surface area (Å²) in [7, 11) is -2.56. The van der Waals surface area contributed by atoms with Crippen molar-refractivity contribution in [3.63, 3.8) is 0 Å². The maximum absolute atomic E-state index is 10.8. The lowest BCUT2D eigenvalue weighted by atomic mass is 9.88. The Labute approximate surface area is 179 Å². The Morgan fingerprint density at radius 3 is 2.50 bits per heavy atom. The Morgan fingerprint density at radius 2 is 1.73 bits per heavy atom. The standard InChI is InChI=1S/C23H28N4O2S/c28-30(29)25-14-20-7-4-8-22(13-20)21-9-11-26(12-10-21)17-23-15-24-18-27(23)16-19-5-2-1-3-6-19/h1-8,13,15,18,21,30H,9-12,14,16-17H2,(H,25,28,29). The molecule has 0 radical (unpaired) electrons. The number of imidazole rings is 1. The largest absolute Gasteiger partial charge is 0.329 e. The molecule has 1 aliphatic heterocycles. The zero-order valence-electron chi connectivity index (χ0n) is 17.0. The molecule has 30 heavy (non-hydrogen) atoms. The molecule has 1 N–H and O–H groups in total. The molecule has 0 bridgehead atoms. The number of hydrogen-bond acceptors (Lipinski definition) is 4. The van der Waals surface area contributed by atoms with Gasteiger partial charge in [-0.1, -0.05) is 54.6 Å². The zero-order chi connectivity index (χ0) is 20.8. The fourth-order valence-electron chi connectivity index (χ4n) is 4.17. The number of likely N-dealkylation sites (tertiary alicyclic amines) is 1. The van der Waals surface area contributed by atoms with Crippen LogP contribution in [0.3, 0.4) is 0 Å². The average Bonchev–Trinajstić information content (AvgIpc) is 3.20. The molecule has 3 aromatic rings. The van der Waals surface area contributed by atoms with Gasteiger partial charge in [-0.05, 0) is 48.5 Å². The Bertz CT molecular complexity index is 1020. The van der Waals surface area contributed by atoms with Gasteiger partial charge in [-0.3, -0.25) is 4.90 Å². The van der Waals surface area contributed by atoms with Crippen molar-refractivity contribution in [1.29, 1.82) is 0 Å². The summed E-state index contributed by atoms with van der Waals surface area (Å²) >= 11 is 0. The lowest BCUT2D eigenvalue weighted by Gasteiger charge is -2.32. The second kappa shape index (κ2) is 10.0. The lowest BCUT2D eigenvalue weighted by Crippen LogP contribution is -2.33. The van der Waals surface area contributed by atoms with E-state index in [9.17, 15) is 8.42 Å². The first-order chi connectivity index (χ1) is 14.7. The number of benzene rings is 2. The molecule has 6 nitrogen and oxygen atoms in total. The van der Waals surface area contributed by atoms with Crippen LogP contribution in [0.4, 0.5) is 0 Å². The van der Waals surface area contributed by atoms with Gasteiger partial charge < -0.3 is 4.57 Å². The number of thiol groups is 1. The van der Waals surface area contributed by atoms with Gasteiger partial charge in [0.1, 0.15) is 0 Å². The molecule has 1 aliphatic rings. The zero-order valence-corrected chi connectivity index (χ0v) is 17.9. The Kier molecular flexibility index (Phi) is 6.94. The van der Waals surface area contributed by atoms with Crippen molar-refractivity contribution < 1.29 is 8.42 Å². The quantitative estimate of drug-likeness (QED) is 0.546. The third-order valence-electron chi connectivity index (χ3n) is 5.80. The van der Waals surface area contributed by atoms with Crippen molar-refractivity contribution in [2.75, 3.05) is 13.1 Å². The molecule has 1 fully saturated rings. The summed E-state index contributed by atoms with van der Waals surface area (Å²) in [5, 5.41) is 0. The van der Waals surface area contributed by atoms with Crippen LogP contribution in [0.1, 0.15) is 41.1 Å². The highest BCUT2D eigenvalue weighted by Crippen LogP contribution is 2.29. The van der Waals surface area contributed by atoms with Gasteiger partial charge in [-0.25, -0.2) is 18.1 Å². The van der Waals surface area contributed by atoms with Crippen LogP contribution in [0.2, 0.25) is 0 Å². The highest BCUT2D eigenvalue weighted by atomic mass is 32.2. The molecule has 0 atom stereocenters. The average molecular weight is 425 g/mol. The van der Waals surface area contributed by atoms with E-state index < -0.39 is 10.9 Å². The molecule has 0 amide bonds. The maximum atomic E-state index is 10.8. The van der Waals surface area contributed by atoms with Gasteiger partial charge in [0.2, 0.25) is 10.9 Å². The number of hydrogen-bond donors (Lipinski definition) is 2. The third kappa shape index (κ3) is 5.56. The second-order valence-corrected chi connectivity index (χ2v) is 8.72. The topological polar surface area (TPSA) is 67.2 Å². The van der Waals surface area contributed by atoms with E-state index in [1.807, 2.05) is 30.7 Å². The molecule has 0 unspecified atom stereocenters. The summed E-state index contributed by atoms with van der Waals surface area (Å²) in [4.78, 5) is 6.88. The van der Waals surface area contributed by atoms with Crippen molar-refractivity contribution in [2.24, 2.45) is 0 Å². The molecule has 2 heterocycles. The Morgan fingerprint density at radius 1 is 0.967 bits per heavy atom. The number of rotatable bonds is 8. The molecule has 1 aromatic heterocycles. The Balaban J connectivity index is 1.33. The van der Waals surface area contributed by atoms with Crippen LogP contribution in [-0.4, -0.2) is 36.0 Å². The Hall–Kier alpha value is -2.48. The van der Waals surface area contributed by atoms with E-state index in [1.165, 1.54) is 16.8 Å². The number of nitrogens with zero attached hydrogens (tertiary/aromatic N) is 3. The molecule has 2 aromatic carbocycles. The first-order valence-corrected chi connectivity index (χ1v) is 11.6. The summed E-state index contributed by atoms with van der Waals surface area (Å²) in [6, 6.07) is 18.8. The van der Waals surface area contributed by atoms with E-state index >= 15 is 0 Å². The molecule has 0 aliphatic carbocycles. The van der Waals surface area contributed by atoms with E-state index in [0.29, 0.717) is 12.5 Å². The maximum Gasteiger partial charge on any atom is 0.201 e. The van der Waals surface area contributed by atoms with Gasteiger partial charge in [0.15, 0.2) is 0 Å². The minimum Gasteiger partial charge on any atom is -0.329 e. The fourth-order valence-corrected chi connectivity index (χ4v) is 4.48. The minimum atomic E-state index is -2.56. The third-order valence-corrected chi connectivity index (χ3v) is 6.22. The van der Waals surface area contributed by atoms with E-state index in [4.69, 9.17) is 0 Å². The van der Waals surface area contributed by atoms with E-state index in [1.54, 1.807) is 0 Å². The summed E-state index contributed by atoms with van der Waals surface area (Å²) in [5.74, 6) is 0.524. The van der Waals surface area contributed by atoms with E-state index in [-0.39, 0.29) is 0 Å². The van der Waals surface area contributed by atoms with Crippen molar-refractivity contribution in [1.82, 2.24) is 19.2 Å². The molecule has 0 spiro atoms. The molecular formula is C23H28N4O2S. The molecule has 4 rings (SSSR count). The SMILES string of the molecule is O=[SH](=O)NCc1cccc(C2CCN(Cc3cncn3Cc3ccccc3)CC2)c1. The summed E-state index contributed by atoms with van der Waals surface area (Å²) < 4.78 is 26.3. The summed E-state index contributed by atoms with van der Waals surface area (Å²) in [6.07, 6.45) is 6.12. The van der Waals surface area contributed by atoms with Crippen molar-refractivity contribution >= 4 is 10.9 Å². The van der Waals surface area contributed by atoms with Crippen molar-refractivity contribution in [3.8, 4) is 0 Å². The smallest absolute Gasteiger partial charge is 0.201 e. The first kappa shape index (κ1) is 20.8. The first-order valence-electron chi connectivity index (χ1n) is 10.4. The van der Waals surface area contributed by atoms with Crippen molar-refractivity contribution in [3.05, 3.63) is 89.5 Å². The number of nitrogens with one attached hydrogen (secondary N) is 1. The molecule has 158 valence electrons. The van der Waals surface area contributed by atoms with Gasteiger partial charge in [-0.2, -0.15) is 0 Å². The van der Waals surface area contributed by atoms with Gasteiger partial charge in [-0.15, -0.1) is 0 Å². The molecule has 0 saturated carbocycles. The minimum absolute atomic E-state index is 0.358. The molecule has 1 saturated heterocycles. The van der Waals surface area contributed by atoms with E-state index in [2.05, 4.69) is 55.6 Å². The predicted molar refractivity (Wildman–Crippen MR) is 119 cm³/mol. The van der Waals surface area contributed by atoms with E-state index in [0.717, 1.165) is 44.6 Å². The van der Waals surface area contributed by atoms with Crippen LogP contribution >= 0.6 is 0 Å². The summed E-state index contributed by atoms with van der Waals surface area (Å²) in [5.41, 5.74) is 4.85. The lowest BCUT2D eigenvalue weighted by molar-refractivity contribution is 0.200. The molecule has 7 heteroatoms. The van der Waals surface area contributed by atoms with Crippen molar-refractivity contribution in [2.45, 2.75) is 38.4 Å². The highest BCUT2D eigenvalue weighted by Gasteiger charge is 2.21. The predicted octanol–water partition coefficient (Wildman–Crippen LogP) is 2.93. The van der Waals surface area contributed by atoms with Crippen LogP contribution < -0.4 is 4.72 Å². The van der Waals surface area contributed by atoms with Crippen LogP contribution in [0, 0.1) is 0 Å². The normalized spacial score (nSPS) is 15.6. The van der Waals surface area contributed by atoms with Gasteiger partial charge >= 0.3 is 0 Å². The fraction of sp³-hybridized carbons (Fsp3) is 0.348. The highest BCUT2D eigenvalue weighted by molar-refractivity contribution is 7.70. The van der Waals surface area contributed by atoms with Crippen LogP contribution in [0.5, 0.6) is 0 Å². The van der Waals surface area contributed by atoms with Gasteiger partial charge in [0.05, 0.1) is 12.0 Å². The second-order valence-electron chi connectivity index (χ2n) is 7.89. The van der Waals surface area contributed by atoms with Gasteiger partial charge in [0.25, 0.3) is 0 Å². The van der Waals surface area contributed by atoms with Gasteiger partial charge in [0, 0.05) is 25.8 Å². The van der Waals surface area contributed by atoms with Crippen LogP contribution in [0.15, 0.2) is 67.1 Å². The van der Waals surface area contributed by atoms with Crippen LogP contribution in [-0.2, 0) is 30.5 Å². The number of aromatic nitrogens is 2. The summed E-state index contributed by atoms with van der Waals surface area (Å²) in [6.45, 7) is 4.23. The monoisotopic (exact) mass is 424 g/mol.